The van der Waals surface area contributed by atoms with Gasteiger partial charge < -0.3 is 28.7 Å². The molecule has 0 aromatic rings. The summed E-state index contributed by atoms with van der Waals surface area (Å²) >= 11 is 0. The summed E-state index contributed by atoms with van der Waals surface area (Å²) in [4.78, 5) is 10.8. The topological polar surface area (TPSA) is 26.3 Å². The summed E-state index contributed by atoms with van der Waals surface area (Å²) in [6.45, 7) is 0. The third kappa shape index (κ3) is 4.19. The van der Waals surface area contributed by atoms with E-state index in [-0.39, 0.29) is 49.4 Å². The zero-order valence-electron chi connectivity index (χ0n) is 6.71. The maximum Gasteiger partial charge on any atom is 0.334 e. The molecule has 2 nitrogen and oxygen atoms in total. The molecule has 1 aliphatic rings. The molecule has 4 heteroatoms. The third-order valence-electron chi connectivity index (χ3n) is 1.14. The number of ether oxygens (including phenoxy) is 1. The molecule has 0 aliphatic heterocycles. The summed E-state index contributed by atoms with van der Waals surface area (Å²) in [6, 6.07) is 0. The Kier molecular flexibility index (Phi) is 9.39. The number of carbonyl (C=O) groups is 1. The van der Waals surface area contributed by atoms with Gasteiger partial charge in [-0.3, -0.25) is 0 Å². The van der Waals surface area contributed by atoms with Crippen LogP contribution in [0.1, 0.15) is 0 Å². The minimum absolute atomic E-state index is 0. The van der Waals surface area contributed by atoms with Crippen molar-refractivity contribution in [1.29, 1.82) is 0 Å². The molecular weight excluding hydrogens is 320 g/mol. The van der Waals surface area contributed by atoms with Gasteiger partial charge >= 0.3 is 5.97 Å². The van der Waals surface area contributed by atoms with Crippen LogP contribution in [0.4, 0.5) is 0 Å². The summed E-state index contributed by atoms with van der Waals surface area (Å²) in [5, 5.41) is 0. The smallest absolute Gasteiger partial charge is 0.334 e. The summed E-state index contributed by atoms with van der Waals surface area (Å²) in [5.74, 6) is -0.311. The monoisotopic (exact) mass is 326 g/mol. The van der Waals surface area contributed by atoms with Gasteiger partial charge in [-0.05, 0) is 18.2 Å². The number of methoxy groups -OCH3 is 1. The molecule has 0 saturated carbocycles. The Balaban J connectivity index is 0. The quantitative estimate of drug-likeness (QED) is 0.241. The van der Waals surface area contributed by atoms with Crippen LogP contribution in [0.2, 0.25) is 0 Å². The number of rotatable bonds is 1. The van der Waals surface area contributed by atoms with E-state index in [1.165, 1.54) is 7.11 Å². The van der Waals surface area contributed by atoms with Crippen LogP contribution in [0.3, 0.4) is 0 Å². The predicted molar refractivity (Wildman–Crippen MR) is 37.1 cm³/mol. The number of hydrogen-bond acceptors (Lipinski definition) is 2. The van der Waals surface area contributed by atoms with Gasteiger partial charge in [0.1, 0.15) is 0 Å². The third-order valence-corrected chi connectivity index (χ3v) is 1.14. The zero-order valence-corrected chi connectivity index (χ0v) is 11.8. The van der Waals surface area contributed by atoms with Crippen LogP contribution in [0, 0.1) is 6.42 Å². The first-order valence-electron chi connectivity index (χ1n) is 2.89. The Bertz CT molecular complexity index is 239. The first-order chi connectivity index (χ1) is 4.84. The number of allylic oxidation sites excluding steroid dienone is 2. The van der Waals surface area contributed by atoms with Crippen LogP contribution < -0.4 is 24.0 Å². The van der Waals surface area contributed by atoms with E-state index in [9.17, 15) is 4.79 Å². The molecule has 1 radical (unpaired) electrons. The Morgan fingerprint density at radius 1 is 1.50 bits per heavy atom. The summed E-state index contributed by atoms with van der Waals surface area (Å²) in [5.41, 5.74) is 3.36. The van der Waals surface area contributed by atoms with Crippen molar-refractivity contribution in [2.45, 2.75) is 0 Å². The van der Waals surface area contributed by atoms with Crippen LogP contribution in [0.15, 0.2) is 29.5 Å². The van der Waals surface area contributed by atoms with Gasteiger partial charge in [0, 0.05) is 31.5 Å². The fourth-order valence-electron chi connectivity index (χ4n) is 0.641. The maximum atomic E-state index is 10.8. The summed E-state index contributed by atoms with van der Waals surface area (Å²) < 4.78 is 4.48. The van der Waals surface area contributed by atoms with Gasteiger partial charge in [-0.2, -0.15) is 0 Å². The van der Waals surface area contributed by atoms with Crippen molar-refractivity contribution in [3.63, 3.8) is 0 Å². The van der Waals surface area contributed by atoms with Gasteiger partial charge in [-0.1, -0.05) is 0 Å². The van der Waals surface area contributed by atoms with Crippen molar-refractivity contribution >= 4 is 5.97 Å². The Morgan fingerprint density at radius 3 is 2.58 bits per heavy atom. The number of carbonyl (C=O) groups excluding carboxylic acids is 1. The van der Waals surface area contributed by atoms with E-state index in [2.05, 4.69) is 10.5 Å². The van der Waals surface area contributed by atoms with Crippen molar-refractivity contribution in [2.24, 2.45) is 0 Å². The molecule has 0 heterocycles. The van der Waals surface area contributed by atoms with Gasteiger partial charge in [-0.15, -0.1) is 5.73 Å². The van der Waals surface area contributed by atoms with Crippen LogP contribution in [-0.2, 0) is 29.0 Å². The van der Waals surface area contributed by atoms with E-state index in [0.717, 1.165) is 0 Å². The van der Waals surface area contributed by atoms with E-state index in [0.29, 0.717) is 5.57 Å². The van der Waals surface area contributed by atoms with Crippen molar-refractivity contribution in [3.05, 3.63) is 36.0 Å². The molecule has 0 aromatic heterocycles. The average Bonchev–Trinajstić information content (AvgIpc) is 2.05. The van der Waals surface area contributed by atoms with Gasteiger partial charge in [-0.25, -0.2) is 4.79 Å². The Morgan fingerprint density at radius 2 is 2.17 bits per heavy atom. The molecule has 12 heavy (non-hydrogen) atoms. The molecule has 0 N–H and O–H groups in total. The van der Waals surface area contributed by atoms with Gasteiger partial charge in [0.15, 0.2) is 0 Å². The summed E-state index contributed by atoms with van der Waals surface area (Å²) in [6.07, 6.45) is 6.66. The average molecular weight is 327 g/mol. The van der Waals surface area contributed by atoms with E-state index in [4.69, 9.17) is 0 Å². The normalized spacial score (nSPS) is 12.2. The number of halogens is 1. The SMILES string of the molecule is COC(=O)C1=CC=C=C[CH]1.[I-].[Zn]. The first-order valence-corrected chi connectivity index (χ1v) is 2.89. The van der Waals surface area contributed by atoms with Crippen molar-refractivity contribution in [1.82, 2.24) is 0 Å². The molecule has 0 aromatic carbocycles. The second-order valence-corrected chi connectivity index (χ2v) is 1.78. The standard InChI is InChI=1S/C8H7O2.HI.Zn/c1-10-8(9)7-5-3-2-4-6-7;;/h3-6H,1H3;1H;/p-1. The largest absolute Gasteiger partial charge is 1.00 e. The number of hydrogen-bond donors (Lipinski definition) is 0. The summed E-state index contributed by atoms with van der Waals surface area (Å²) in [7, 11) is 1.36. The van der Waals surface area contributed by atoms with E-state index >= 15 is 0 Å². The van der Waals surface area contributed by atoms with Crippen LogP contribution in [0.5, 0.6) is 0 Å². The Hall–Kier alpha value is 0.0834. The molecule has 61 valence electrons. The zero-order chi connectivity index (χ0) is 7.40. The second kappa shape index (κ2) is 7.72. The fourth-order valence-corrected chi connectivity index (χ4v) is 0.641. The molecule has 0 bridgehead atoms. The molecule has 0 atom stereocenters. The molecule has 0 saturated heterocycles. The van der Waals surface area contributed by atoms with Crippen molar-refractivity contribution < 1.29 is 53.0 Å². The van der Waals surface area contributed by atoms with Gasteiger partial charge in [0.05, 0.1) is 7.11 Å². The molecule has 0 unspecified atom stereocenters. The first kappa shape index (κ1) is 14.6. The molecule has 0 fully saturated rings. The molecular formula is C8H7IO2Zn-. The Labute approximate surface area is 102 Å². The van der Waals surface area contributed by atoms with E-state index < -0.39 is 0 Å². The van der Waals surface area contributed by atoms with Crippen molar-refractivity contribution in [3.8, 4) is 0 Å². The van der Waals surface area contributed by atoms with Gasteiger partial charge in [0.25, 0.3) is 0 Å². The molecule has 0 spiro atoms. The van der Waals surface area contributed by atoms with Crippen molar-refractivity contribution in [2.75, 3.05) is 7.11 Å². The fraction of sp³-hybridized carbons (Fsp3) is 0.125. The van der Waals surface area contributed by atoms with Crippen LogP contribution in [0.25, 0.3) is 0 Å². The van der Waals surface area contributed by atoms with Crippen LogP contribution >= 0.6 is 0 Å². The minimum Gasteiger partial charge on any atom is -1.00 e. The molecule has 1 rings (SSSR count). The number of esters is 1. The molecule has 1 aliphatic carbocycles. The minimum atomic E-state index is -0.311. The predicted octanol–water partition coefficient (Wildman–Crippen LogP) is -1.98. The van der Waals surface area contributed by atoms with Gasteiger partial charge in [0.2, 0.25) is 0 Å². The second-order valence-electron chi connectivity index (χ2n) is 1.78. The van der Waals surface area contributed by atoms with Crippen LogP contribution in [-0.4, -0.2) is 13.1 Å². The molecule has 0 amide bonds. The maximum absolute atomic E-state index is 10.8. The van der Waals surface area contributed by atoms with E-state index in [1.807, 2.05) is 0 Å². The van der Waals surface area contributed by atoms with E-state index in [1.54, 1.807) is 24.6 Å².